The van der Waals surface area contributed by atoms with Gasteiger partial charge in [0.2, 0.25) is 0 Å². The summed E-state index contributed by atoms with van der Waals surface area (Å²) in [6, 6.07) is 6.67. The van der Waals surface area contributed by atoms with Crippen molar-refractivity contribution in [2.45, 2.75) is 12.1 Å². The summed E-state index contributed by atoms with van der Waals surface area (Å²) in [6.45, 7) is 1.12. The molecular formula is C13H19N3O3. The summed E-state index contributed by atoms with van der Waals surface area (Å²) >= 11 is 0. The Bertz CT molecular complexity index is 435. The third-order valence-electron chi connectivity index (χ3n) is 3.31. The van der Waals surface area contributed by atoms with E-state index in [0.29, 0.717) is 18.8 Å². The molecule has 2 atom stereocenters. The van der Waals surface area contributed by atoms with Crippen LogP contribution in [0, 0.1) is 0 Å². The van der Waals surface area contributed by atoms with Gasteiger partial charge in [-0.2, -0.15) is 0 Å². The largest absolute Gasteiger partial charge is 0.497 e. The SMILES string of the molecule is COc1ccc(NC(=O)N(C)[C@@H]2CNC[C@H]2O)cc1. The summed E-state index contributed by atoms with van der Waals surface area (Å²) in [6.07, 6.45) is -0.522. The van der Waals surface area contributed by atoms with Gasteiger partial charge in [-0.15, -0.1) is 0 Å². The zero-order valence-corrected chi connectivity index (χ0v) is 11.1. The van der Waals surface area contributed by atoms with Crippen LogP contribution in [0.4, 0.5) is 10.5 Å². The molecule has 1 fully saturated rings. The lowest BCUT2D eigenvalue weighted by molar-refractivity contribution is 0.115. The Morgan fingerprint density at radius 1 is 1.42 bits per heavy atom. The number of nitrogens with zero attached hydrogens (tertiary/aromatic N) is 1. The number of carbonyl (C=O) groups is 1. The van der Waals surface area contributed by atoms with E-state index in [1.54, 1.807) is 38.4 Å². The quantitative estimate of drug-likeness (QED) is 0.743. The predicted molar refractivity (Wildman–Crippen MR) is 72.4 cm³/mol. The Labute approximate surface area is 112 Å². The molecule has 1 heterocycles. The minimum absolute atomic E-state index is 0.196. The van der Waals surface area contributed by atoms with Crippen molar-refractivity contribution in [1.82, 2.24) is 10.2 Å². The van der Waals surface area contributed by atoms with Gasteiger partial charge >= 0.3 is 6.03 Å². The van der Waals surface area contributed by atoms with Crippen LogP contribution in [0.25, 0.3) is 0 Å². The van der Waals surface area contributed by atoms with Crippen LogP contribution in [0.3, 0.4) is 0 Å². The molecule has 0 radical (unpaired) electrons. The van der Waals surface area contributed by atoms with Gasteiger partial charge in [-0.3, -0.25) is 0 Å². The van der Waals surface area contributed by atoms with E-state index in [0.717, 1.165) is 5.75 Å². The smallest absolute Gasteiger partial charge is 0.321 e. The van der Waals surface area contributed by atoms with E-state index < -0.39 is 6.10 Å². The van der Waals surface area contributed by atoms with E-state index >= 15 is 0 Å². The van der Waals surface area contributed by atoms with E-state index in [1.807, 2.05) is 0 Å². The molecule has 2 amide bonds. The van der Waals surface area contributed by atoms with Crippen molar-refractivity contribution in [2.24, 2.45) is 0 Å². The van der Waals surface area contributed by atoms with Gasteiger partial charge in [0.15, 0.2) is 0 Å². The Balaban J connectivity index is 1.95. The molecule has 3 N–H and O–H groups in total. The molecule has 1 saturated heterocycles. The van der Waals surface area contributed by atoms with Crippen molar-refractivity contribution in [3.63, 3.8) is 0 Å². The fourth-order valence-electron chi connectivity index (χ4n) is 2.08. The number of likely N-dealkylation sites (N-methyl/N-ethyl adjacent to an activating group) is 1. The molecule has 1 aromatic rings. The number of β-amino-alcohol motifs (C(OH)–C–C–N with tert-alkyl or cyclic N) is 1. The van der Waals surface area contributed by atoms with Crippen molar-refractivity contribution in [3.05, 3.63) is 24.3 Å². The van der Waals surface area contributed by atoms with Crippen LogP contribution in [-0.2, 0) is 0 Å². The first-order valence-corrected chi connectivity index (χ1v) is 6.18. The molecule has 1 aliphatic rings. The van der Waals surface area contributed by atoms with Gasteiger partial charge in [-0.25, -0.2) is 4.79 Å². The first-order chi connectivity index (χ1) is 9.11. The standard InChI is InChI=1S/C13H19N3O3/c1-16(11-7-14-8-12(11)17)13(18)15-9-3-5-10(19-2)6-4-9/h3-6,11-12,14,17H,7-8H2,1-2H3,(H,15,18)/t11-,12-/m1/s1. The number of ether oxygens (including phenoxy) is 1. The van der Waals surface area contributed by atoms with E-state index in [9.17, 15) is 9.90 Å². The maximum Gasteiger partial charge on any atom is 0.321 e. The number of amides is 2. The number of urea groups is 1. The number of methoxy groups -OCH3 is 1. The Hall–Kier alpha value is -1.79. The molecule has 0 bridgehead atoms. The first-order valence-electron chi connectivity index (χ1n) is 6.18. The van der Waals surface area contributed by atoms with Crippen LogP contribution >= 0.6 is 0 Å². The Kier molecular flexibility index (Phi) is 4.24. The Morgan fingerprint density at radius 2 is 2.11 bits per heavy atom. The maximum absolute atomic E-state index is 12.0. The summed E-state index contributed by atoms with van der Waals surface area (Å²) in [5, 5.41) is 15.6. The average Bonchev–Trinajstić information content (AvgIpc) is 2.85. The molecule has 1 aliphatic heterocycles. The van der Waals surface area contributed by atoms with Crippen LogP contribution in [0.15, 0.2) is 24.3 Å². The number of hydrogen-bond donors (Lipinski definition) is 3. The van der Waals surface area contributed by atoms with Gasteiger partial charge in [0.1, 0.15) is 5.75 Å². The second-order valence-corrected chi connectivity index (χ2v) is 4.56. The second kappa shape index (κ2) is 5.90. The van der Waals surface area contributed by atoms with Gasteiger partial charge in [0, 0.05) is 25.8 Å². The number of aliphatic hydroxyl groups is 1. The maximum atomic E-state index is 12.0. The lowest BCUT2D eigenvalue weighted by Crippen LogP contribution is -2.46. The lowest BCUT2D eigenvalue weighted by Gasteiger charge is -2.26. The monoisotopic (exact) mass is 265 g/mol. The highest BCUT2D eigenvalue weighted by Gasteiger charge is 2.31. The van der Waals surface area contributed by atoms with Gasteiger partial charge in [-0.1, -0.05) is 0 Å². The number of benzene rings is 1. The molecule has 104 valence electrons. The van der Waals surface area contributed by atoms with Gasteiger partial charge in [0.05, 0.1) is 19.3 Å². The third-order valence-corrected chi connectivity index (χ3v) is 3.31. The van der Waals surface area contributed by atoms with Gasteiger partial charge in [0.25, 0.3) is 0 Å². The van der Waals surface area contributed by atoms with Crippen molar-refractivity contribution in [3.8, 4) is 5.75 Å². The highest BCUT2D eigenvalue weighted by molar-refractivity contribution is 5.89. The van der Waals surface area contributed by atoms with E-state index in [4.69, 9.17) is 4.74 Å². The van der Waals surface area contributed by atoms with Gasteiger partial charge in [-0.05, 0) is 24.3 Å². The highest BCUT2D eigenvalue weighted by atomic mass is 16.5. The number of hydrogen-bond acceptors (Lipinski definition) is 4. The minimum atomic E-state index is -0.522. The summed E-state index contributed by atoms with van der Waals surface area (Å²) in [5.74, 6) is 0.738. The predicted octanol–water partition coefficient (Wildman–Crippen LogP) is 0.492. The molecule has 0 saturated carbocycles. The lowest BCUT2D eigenvalue weighted by atomic mass is 10.2. The van der Waals surface area contributed by atoms with Crippen molar-refractivity contribution in [1.29, 1.82) is 0 Å². The third kappa shape index (κ3) is 3.15. The Morgan fingerprint density at radius 3 is 2.63 bits per heavy atom. The van der Waals surface area contributed by atoms with Crippen LogP contribution in [0.1, 0.15) is 0 Å². The van der Waals surface area contributed by atoms with E-state index in [-0.39, 0.29) is 12.1 Å². The molecule has 6 nitrogen and oxygen atoms in total. The van der Waals surface area contributed by atoms with Crippen molar-refractivity contribution >= 4 is 11.7 Å². The van der Waals surface area contributed by atoms with Crippen LogP contribution in [-0.4, -0.2) is 55.4 Å². The average molecular weight is 265 g/mol. The van der Waals surface area contributed by atoms with Gasteiger partial charge < -0.3 is 25.4 Å². The fraction of sp³-hybridized carbons (Fsp3) is 0.462. The summed E-state index contributed by atoms with van der Waals surface area (Å²) in [7, 11) is 3.27. The fourth-order valence-corrected chi connectivity index (χ4v) is 2.08. The minimum Gasteiger partial charge on any atom is -0.497 e. The number of carbonyl (C=O) groups excluding carboxylic acids is 1. The normalized spacial score (nSPS) is 22.1. The van der Waals surface area contributed by atoms with E-state index in [2.05, 4.69) is 10.6 Å². The summed E-state index contributed by atoms with van der Waals surface area (Å²) < 4.78 is 5.05. The zero-order chi connectivity index (χ0) is 13.8. The van der Waals surface area contributed by atoms with Crippen LogP contribution in [0.2, 0.25) is 0 Å². The topological polar surface area (TPSA) is 73.8 Å². The number of aliphatic hydroxyl groups excluding tert-OH is 1. The summed E-state index contributed by atoms with van der Waals surface area (Å²) in [5.41, 5.74) is 0.693. The zero-order valence-electron chi connectivity index (χ0n) is 11.1. The summed E-state index contributed by atoms with van der Waals surface area (Å²) in [4.78, 5) is 13.6. The molecule has 2 rings (SSSR count). The first kappa shape index (κ1) is 13.6. The highest BCUT2D eigenvalue weighted by Crippen LogP contribution is 2.16. The molecule has 19 heavy (non-hydrogen) atoms. The molecule has 1 aromatic carbocycles. The molecule has 0 unspecified atom stereocenters. The second-order valence-electron chi connectivity index (χ2n) is 4.56. The number of anilines is 1. The van der Waals surface area contributed by atoms with Crippen LogP contribution < -0.4 is 15.4 Å². The molecular weight excluding hydrogens is 246 g/mol. The number of nitrogens with one attached hydrogen (secondary N) is 2. The molecule has 0 aromatic heterocycles. The van der Waals surface area contributed by atoms with Crippen molar-refractivity contribution in [2.75, 3.05) is 32.6 Å². The van der Waals surface area contributed by atoms with Crippen molar-refractivity contribution < 1.29 is 14.6 Å². The molecule has 6 heteroatoms. The molecule has 0 spiro atoms. The molecule has 0 aliphatic carbocycles. The van der Waals surface area contributed by atoms with E-state index in [1.165, 1.54) is 4.90 Å². The van der Waals surface area contributed by atoms with Crippen LogP contribution in [0.5, 0.6) is 5.75 Å². The number of rotatable bonds is 3.